The van der Waals surface area contributed by atoms with Crippen LogP contribution in [0.3, 0.4) is 0 Å². The van der Waals surface area contributed by atoms with Gasteiger partial charge in [0.05, 0.1) is 25.3 Å². The zero-order valence-electron chi connectivity index (χ0n) is 18.9. The van der Waals surface area contributed by atoms with Gasteiger partial charge in [-0.1, -0.05) is 78.0 Å². The highest BCUT2D eigenvalue weighted by molar-refractivity contribution is 7.80. The van der Waals surface area contributed by atoms with E-state index >= 15 is 0 Å². The monoisotopic (exact) mass is 468 g/mol. The Balaban J connectivity index is 1.58. The van der Waals surface area contributed by atoms with Crippen LogP contribution in [0, 0.1) is 0 Å². The maximum absolute atomic E-state index is 5.81. The first-order valence-corrected chi connectivity index (χ1v) is 11.4. The lowest BCUT2D eigenvalue weighted by atomic mass is 9.94. The van der Waals surface area contributed by atoms with Crippen molar-refractivity contribution >= 4 is 22.9 Å². The molecule has 6 nitrogen and oxygen atoms in total. The Morgan fingerprint density at radius 2 is 1.74 bits per heavy atom. The minimum absolute atomic E-state index is 0.209. The summed E-state index contributed by atoms with van der Waals surface area (Å²) in [6.45, 7) is 2.63. The molecule has 4 aromatic rings. The summed E-state index contributed by atoms with van der Waals surface area (Å²) in [5.41, 5.74) is 4.91. The summed E-state index contributed by atoms with van der Waals surface area (Å²) in [5, 5.41) is 8.40. The summed E-state index contributed by atoms with van der Waals surface area (Å²) in [7, 11) is 1.67. The van der Waals surface area contributed by atoms with Crippen LogP contribution in [0.15, 0.2) is 95.1 Å². The van der Waals surface area contributed by atoms with E-state index < -0.39 is 0 Å². The van der Waals surface area contributed by atoms with Crippen LogP contribution in [0.5, 0.6) is 5.75 Å². The van der Waals surface area contributed by atoms with Crippen molar-refractivity contribution in [3.05, 3.63) is 108 Å². The molecule has 1 N–H and O–H groups in total. The lowest BCUT2D eigenvalue weighted by Crippen LogP contribution is -2.45. The van der Waals surface area contributed by atoms with Crippen molar-refractivity contribution in [1.29, 1.82) is 0 Å². The second-order valence-electron chi connectivity index (χ2n) is 8.02. The molecule has 1 unspecified atom stereocenters. The van der Waals surface area contributed by atoms with Gasteiger partial charge in [-0.05, 0) is 42.4 Å². The zero-order valence-corrected chi connectivity index (χ0v) is 19.8. The van der Waals surface area contributed by atoms with Crippen molar-refractivity contribution in [3.8, 4) is 17.1 Å². The van der Waals surface area contributed by atoms with Crippen molar-refractivity contribution < 1.29 is 9.26 Å². The molecule has 0 radical (unpaired) electrons. The Morgan fingerprint density at radius 1 is 1.00 bits per heavy atom. The molecule has 34 heavy (non-hydrogen) atoms. The van der Waals surface area contributed by atoms with Crippen LogP contribution in [0.2, 0.25) is 0 Å². The van der Waals surface area contributed by atoms with E-state index in [1.165, 1.54) is 0 Å². The number of benzene rings is 3. The van der Waals surface area contributed by atoms with E-state index in [1.807, 2.05) is 73.7 Å². The second kappa shape index (κ2) is 9.49. The van der Waals surface area contributed by atoms with Gasteiger partial charge in [0, 0.05) is 11.3 Å². The first-order valence-electron chi connectivity index (χ1n) is 11.0. The highest BCUT2D eigenvalue weighted by Gasteiger charge is 2.34. The molecule has 0 bridgehead atoms. The smallest absolute Gasteiger partial charge is 0.258 e. The Labute approximate surface area is 203 Å². The molecule has 3 aromatic carbocycles. The van der Waals surface area contributed by atoms with Crippen LogP contribution in [0.25, 0.3) is 17.0 Å². The fraction of sp³-hybridized carbons (Fsp3) is 0.148. The Bertz CT molecular complexity index is 1340. The summed E-state index contributed by atoms with van der Waals surface area (Å²) in [6, 6.07) is 27.7. The van der Waals surface area contributed by atoms with Crippen molar-refractivity contribution in [2.45, 2.75) is 19.5 Å². The molecule has 1 aliphatic rings. The summed E-state index contributed by atoms with van der Waals surface area (Å²) >= 11 is 5.81. The average molecular weight is 469 g/mol. The van der Waals surface area contributed by atoms with Gasteiger partial charge in [0.2, 0.25) is 5.82 Å². The number of nitrogens with zero attached hydrogens (tertiary/aromatic N) is 3. The molecule has 1 atom stereocenters. The normalized spacial score (nSPS) is 15.9. The lowest BCUT2D eigenvalue weighted by Gasteiger charge is -2.37. The highest BCUT2D eigenvalue weighted by atomic mass is 32.1. The van der Waals surface area contributed by atoms with Crippen LogP contribution in [-0.4, -0.2) is 27.3 Å². The second-order valence-corrected chi connectivity index (χ2v) is 8.41. The Kier molecular flexibility index (Phi) is 6.10. The van der Waals surface area contributed by atoms with Crippen molar-refractivity contribution in [2.75, 3.05) is 7.11 Å². The molecule has 0 fully saturated rings. The predicted octanol–water partition coefficient (Wildman–Crippen LogP) is 5.61. The first kappa shape index (κ1) is 21.9. The van der Waals surface area contributed by atoms with E-state index in [2.05, 4.69) is 33.6 Å². The fourth-order valence-electron chi connectivity index (χ4n) is 4.14. The van der Waals surface area contributed by atoms with E-state index in [4.69, 9.17) is 26.5 Å². The molecule has 2 heterocycles. The number of thiocarbonyl (C=S) groups is 1. The van der Waals surface area contributed by atoms with Gasteiger partial charge in [-0.15, -0.1) is 0 Å². The first-order chi connectivity index (χ1) is 16.6. The number of allylic oxidation sites excluding steroid dienone is 1. The van der Waals surface area contributed by atoms with Crippen LogP contribution in [0.1, 0.15) is 30.0 Å². The Hall–Kier alpha value is -3.97. The molecule has 1 aromatic heterocycles. The number of rotatable bonds is 6. The average Bonchev–Trinajstić information content (AvgIpc) is 3.37. The molecule has 5 rings (SSSR count). The maximum Gasteiger partial charge on any atom is 0.258 e. The third-order valence-electron chi connectivity index (χ3n) is 5.89. The standard InChI is InChI=1S/C27H24N4O2S/c1-18-23(26-29-25(30-33-26)21-13-7-4-8-14-21)24(20-11-5-3-6-12-20)28-27(34)31(18)17-19-10-9-15-22(16-19)32-2/h3-16,24H,17H2,1-2H3,(H,28,34). The molecule has 0 amide bonds. The van der Waals surface area contributed by atoms with E-state index in [-0.39, 0.29) is 6.04 Å². The van der Waals surface area contributed by atoms with Gasteiger partial charge in [0.1, 0.15) is 5.75 Å². The van der Waals surface area contributed by atoms with E-state index in [0.29, 0.717) is 23.4 Å². The molecule has 0 aliphatic carbocycles. The molecule has 0 saturated heterocycles. The van der Waals surface area contributed by atoms with Crippen molar-refractivity contribution in [2.24, 2.45) is 0 Å². The van der Waals surface area contributed by atoms with Gasteiger partial charge >= 0.3 is 0 Å². The molecular weight excluding hydrogens is 444 g/mol. The molecule has 1 aliphatic heterocycles. The van der Waals surface area contributed by atoms with E-state index in [0.717, 1.165) is 33.7 Å². The Morgan fingerprint density at radius 3 is 2.47 bits per heavy atom. The van der Waals surface area contributed by atoms with Crippen LogP contribution in [0.4, 0.5) is 0 Å². The van der Waals surface area contributed by atoms with Crippen LogP contribution >= 0.6 is 12.2 Å². The molecule has 170 valence electrons. The number of aromatic nitrogens is 2. The number of nitrogens with one attached hydrogen (secondary N) is 1. The van der Waals surface area contributed by atoms with Gasteiger partial charge in [0.25, 0.3) is 5.89 Å². The van der Waals surface area contributed by atoms with Gasteiger partial charge in [-0.3, -0.25) is 0 Å². The maximum atomic E-state index is 5.81. The number of methoxy groups -OCH3 is 1. The minimum Gasteiger partial charge on any atom is -0.497 e. The quantitative estimate of drug-likeness (QED) is 0.369. The fourth-order valence-corrected chi connectivity index (χ4v) is 4.45. The summed E-state index contributed by atoms with van der Waals surface area (Å²) in [5.74, 6) is 1.83. The van der Waals surface area contributed by atoms with Crippen molar-refractivity contribution in [1.82, 2.24) is 20.4 Å². The van der Waals surface area contributed by atoms with Gasteiger partial charge < -0.3 is 19.5 Å². The third-order valence-corrected chi connectivity index (χ3v) is 6.23. The topological polar surface area (TPSA) is 63.4 Å². The summed E-state index contributed by atoms with van der Waals surface area (Å²) in [6.07, 6.45) is 0. The van der Waals surface area contributed by atoms with Crippen molar-refractivity contribution in [3.63, 3.8) is 0 Å². The van der Waals surface area contributed by atoms with Gasteiger partial charge in [0.15, 0.2) is 5.11 Å². The third kappa shape index (κ3) is 4.30. The number of ether oxygens (including phenoxy) is 1. The predicted molar refractivity (Wildman–Crippen MR) is 136 cm³/mol. The van der Waals surface area contributed by atoms with Gasteiger partial charge in [-0.2, -0.15) is 4.98 Å². The summed E-state index contributed by atoms with van der Waals surface area (Å²) in [4.78, 5) is 6.82. The number of hydrogen-bond donors (Lipinski definition) is 1. The van der Waals surface area contributed by atoms with Gasteiger partial charge in [-0.25, -0.2) is 0 Å². The highest BCUT2D eigenvalue weighted by Crippen LogP contribution is 2.38. The molecule has 7 heteroatoms. The summed E-state index contributed by atoms with van der Waals surface area (Å²) < 4.78 is 11.2. The minimum atomic E-state index is -0.209. The van der Waals surface area contributed by atoms with Crippen LogP contribution < -0.4 is 10.1 Å². The largest absolute Gasteiger partial charge is 0.497 e. The molecule has 0 saturated carbocycles. The molecular formula is C27H24N4O2S. The lowest BCUT2D eigenvalue weighted by molar-refractivity contribution is 0.395. The SMILES string of the molecule is COc1cccc(CN2C(=S)NC(c3ccccc3)C(c3nc(-c4ccccc4)no3)=C2C)c1. The number of hydrogen-bond acceptors (Lipinski definition) is 5. The zero-order chi connectivity index (χ0) is 23.5. The van der Waals surface area contributed by atoms with E-state index in [1.54, 1.807) is 7.11 Å². The van der Waals surface area contributed by atoms with E-state index in [9.17, 15) is 0 Å². The van der Waals surface area contributed by atoms with Crippen LogP contribution in [-0.2, 0) is 6.54 Å². The molecule has 0 spiro atoms.